The van der Waals surface area contributed by atoms with Crippen molar-refractivity contribution in [3.63, 3.8) is 0 Å². The van der Waals surface area contributed by atoms with Gasteiger partial charge in [-0.15, -0.1) is 0 Å². The average molecular weight is 297 g/mol. The molecule has 0 amide bonds. The molecular weight excluding hydrogens is 270 g/mol. The van der Waals surface area contributed by atoms with E-state index in [-0.39, 0.29) is 5.54 Å². The lowest BCUT2D eigenvalue weighted by Crippen LogP contribution is -2.45. The van der Waals surface area contributed by atoms with Crippen LogP contribution in [0.15, 0.2) is 12.1 Å². The normalized spacial score (nSPS) is 21.1. The van der Waals surface area contributed by atoms with Gasteiger partial charge in [0, 0.05) is 25.2 Å². The summed E-state index contributed by atoms with van der Waals surface area (Å²) in [5.41, 5.74) is 11.5. The third-order valence-corrected chi connectivity index (χ3v) is 5.54. The number of hydrogen-bond acceptors (Lipinski definition) is 3. The van der Waals surface area contributed by atoms with Crippen LogP contribution in [0.2, 0.25) is 0 Å². The van der Waals surface area contributed by atoms with E-state index in [1.165, 1.54) is 48.8 Å². The second kappa shape index (κ2) is 6.40. The Morgan fingerprint density at radius 3 is 2.77 bits per heavy atom. The zero-order valence-electron chi connectivity index (χ0n) is 13.7. The fourth-order valence-corrected chi connectivity index (χ4v) is 4.12. The number of hydrogen-bond donors (Lipinski definition) is 1. The molecule has 0 atom stereocenters. The van der Waals surface area contributed by atoms with Gasteiger partial charge in [-0.05, 0) is 61.4 Å². The van der Waals surface area contributed by atoms with Gasteiger partial charge in [0.1, 0.15) is 0 Å². The molecule has 0 spiro atoms. The SMILES string of the molecule is Cc1cc(C#N)cc2c1CCN(CCC1(N)CCCCC1)C2. The van der Waals surface area contributed by atoms with E-state index in [0.717, 1.165) is 38.0 Å². The molecule has 1 aliphatic carbocycles. The minimum atomic E-state index is 0.0724. The van der Waals surface area contributed by atoms with Crippen molar-refractivity contribution in [2.24, 2.45) is 5.73 Å². The number of aryl methyl sites for hydroxylation is 1. The van der Waals surface area contributed by atoms with Gasteiger partial charge in [0.15, 0.2) is 0 Å². The van der Waals surface area contributed by atoms with Gasteiger partial charge in [0.25, 0.3) is 0 Å². The second-order valence-corrected chi connectivity index (χ2v) is 7.24. The van der Waals surface area contributed by atoms with Gasteiger partial charge >= 0.3 is 0 Å². The van der Waals surface area contributed by atoms with Crippen LogP contribution in [0.4, 0.5) is 0 Å². The van der Waals surface area contributed by atoms with Gasteiger partial charge in [0.05, 0.1) is 11.6 Å². The summed E-state index contributed by atoms with van der Waals surface area (Å²) in [6, 6.07) is 6.38. The lowest BCUT2D eigenvalue weighted by molar-refractivity contribution is 0.196. The smallest absolute Gasteiger partial charge is 0.0991 e. The Balaban J connectivity index is 1.64. The van der Waals surface area contributed by atoms with Crippen molar-refractivity contribution in [1.82, 2.24) is 4.90 Å². The minimum Gasteiger partial charge on any atom is -0.325 e. The molecule has 2 N–H and O–H groups in total. The predicted octanol–water partition coefficient (Wildman–Crippen LogP) is 3.28. The molecular formula is C19H27N3. The van der Waals surface area contributed by atoms with E-state index in [4.69, 9.17) is 11.0 Å². The van der Waals surface area contributed by atoms with Crippen LogP contribution < -0.4 is 5.73 Å². The Bertz CT molecular complexity index is 579. The highest BCUT2D eigenvalue weighted by molar-refractivity contribution is 5.44. The maximum atomic E-state index is 9.16. The highest BCUT2D eigenvalue weighted by Gasteiger charge is 2.28. The Morgan fingerprint density at radius 2 is 2.05 bits per heavy atom. The van der Waals surface area contributed by atoms with Gasteiger partial charge in [-0.1, -0.05) is 19.3 Å². The van der Waals surface area contributed by atoms with Crippen molar-refractivity contribution in [2.75, 3.05) is 13.1 Å². The van der Waals surface area contributed by atoms with Crippen molar-refractivity contribution in [3.8, 4) is 6.07 Å². The molecule has 0 saturated heterocycles. The number of benzene rings is 1. The van der Waals surface area contributed by atoms with Gasteiger partial charge in [-0.2, -0.15) is 5.26 Å². The summed E-state index contributed by atoms with van der Waals surface area (Å²) in [7, 11) is 0. The summed E-state index contributed by atoms with van der Waals surface area (Å²) in [6.45, 7) is 5.32. The lowest BCUT2D eigenvalue weighted by Gasteiger charge is -2.37. The molecule has 0 unspecified atom stereocenters. The first-order valence-electron chi connectivity index (χ1n) is 8.63. The third-order valence-electron chi connectivity index (χ3n) is 5.54. The van der Waals surface area contributed by atoms with Crippen molar-refractivity contribution in [3.05, 3.63) is 34.4 Å². The van der Waals surface area contributed by atoms with Crippen molar-refractivity contribution < 1.29 is 0 Å². The highest BCUT2D eigenvalue weighted by Crippen LogP contribution is 2.30. The molecule has 0 bridgehead atoms. The Kier molecular flexibility index (Phi) is 4.52. The van der Waals surface area contributed by atoms with Crippen LogP contribution in [0.1, 0.15) is 60.8 Å². The molecule has 3 nitrogen and oxygen atoms in total. The molecule has 1 aromatic carbocycles. The van der Waals surface area contributed by atoms with Gasteiger partial charge in [-0.3, -0.25) is 4.90 Å². The molecule has 0 aromatic heterocycles. The largest absolute Gasteiger partial charge is 0.325 e. The quantitative estimate of drug-likeness (QED) is 0.931. The highest BCUT2D eigenvalue weighted by atomic mass is 15.1. The molecule has 2 aliphatic rings. The first kappa shape index (κ1) is 15.5. The van der Waals surface area contributed by atoms with Crippen molar-refractivity contribution in [1.29, 1.82) is 5.26 Å². The topological polar surface area (TPSA) is 53.0 Å². The van der Waals surface area contributed by atoms with Crippen LogP contribution in [0.3, 0.4) is 0 Å². The van der Waals surface area contributed by atoms with E-state index in [2.05, 4.69) is 24.0 Å². The average Bonchev–Trinajstić information content (AvgIpc) is 2.53. The van der Waals surface area contributed by atoms with Crippen LogP contribution in [0.25, 0.3) is 0 Å². The van der Waals surface area contributed by atoms with E-state index in [9.17, 15) is 0 Å². The summed E-state index contributed by atoms with van der Waals surface area (Å²) < 4.78 is 0. The summed E-state index contributed by atoms with van der Waals surface area (Å²) in [6.07, 6.45) is 8.54. The zero-order valence-corrected chi connectivity index (χ0v) is 13.7. The lowest BCUT2D eigenvalue weighted by atomic mass is 9.80. The van der Waals surface area contributed by atoms with Crippen LogP contribution in [-0.4, -0.2) is 23.5 Å². The first-order valence-corrected chi connectivity index (χ1v) is 8.63. The van der Waals surface area contributed by atoms with Gasteiger partial charge in [-0.25, -0.2) is 0 Å². The number of nitrogens with zero attached hydrogens (tertiary/aromatic N) is 2. The maximum Gasteiger partial charge on any atom is 0.0991 e. The van der Waals surface area contributed by atoms with E-state index in [1.807, 2.05) is 6.07 Å². The number of rotatable bonds is 3. The monoisotopic (exact) mass is 297 g/mol. The number of nitriles is 1. The molecule has 118 valence electrons. The molecule has 22 heavy (non-hydrogen) atoms. The first-order chi connectivity index (χ1) is 10.6. The van der Waals surface area contributed by atoms with E-state index < -0.39 is 0 Å². The summed E-state index contributed by atoms with van der Waals surface area (Å²) in [4.78, 5) is 2.52. The van der Waals surface area contributed by atoms with Crippen LogP contribution >= 0.6 is 0 Å². The standard InChI is InChI=1S/C19H27N3/c1-15-11-16(13-20)12-17-14-22(9-5-18(15)17)10-8-19(21)6-3-2-4-7-19/h11-12H,2-10,14,21H2,1H3. The molecule has 1 fully saturated rings. The van der Waals surface area contributed by atoms with Crippen LogP contribution in [0.5, 0.6) is 0 Å². The molecule has 1 aliphatic heterocycles. The minimum absolute atomic E-state index is 0.0724. The van der Waals surface area contributed by atoms with Crippen molar-refractivity contribution in [2.45, 2.75) is 64.0 Å². The second-order valence-electron chi connectivity index (χ2n) is 7.24. The molecule has 1 aromatic rings. The number of nitrogens with two attached hydrogens (primary N) is 1. The molecule has 0 radical (unpaired) electrons. The van der Waals surface area contributed by atoms with Gasteiger partial charge < -0.3 is 5.73 Å². The van der Waals surface area contributed by atoms with Crippen molar-refractivity contribution >= 4 is 0 Å². The predicted molar refractivity (Wildman–Crippen MR) is 89.5 cm³/mol. The summed E-state index contributed by atoms with van der Waals surface area (Å²) in [5, 5.41) is 9.16. The maximum absolute atomic E-state index is 9.16. The van der Waals surface area contributed by atoms with E-state index in [0.29, 0.717) is 0 Å². The Morgan fingerprint density at radius 1 is 1.27 bits per heavy atom. The number of fused-ring (bicyclic) bond motifs is 1. The molecule has 3 heteroatoms. The molecule has 1 saturated carbocycles. The summed E-state index contributed by atoms with van der Waals surface area (Å²) >= 11 is 0. The van der Waals surface area contributed by atoms with Crippen LogP contribution in [0, 0.1) is 18.3 Å². The zero-order chi connectivity index (χ0) is 15.6. The van der Waals surface area contributed by atoms with E-state index in [1.54, 1.807) is 0 Å². The molecule has 1 heterocycles. The summed E-state index contributed by atoms with van der Waals surface area (Å²) in [5.74, 6) is 0. The van der Waals surface area contributed by atoms with Gasteiger partial charge in [0.2, 0.25) is 0 Å². The Hall–Kier alpha value is -1.37. The van der Waals surface area contributed by atoms with E-state index >= 15 is 0 Å². The fraction of sp³-hybridized carbons (Fsp3) is 0.632. The molecule has 3 rings (SSSR count). The third kappa shape index (κ3) is 3.34. The Labute approximate surface area is 134 Å². The fourth-order valence-electron chi connectivity index (χ4n) is 4.12. The van der Waals surface area contributed by atoms with Crippen LogP contribution in [-0.2, 0) is 13.0 Å².